The van der Waals surface area contributed by atoms with Crippen molar-refractivity contribution in [2.24, 2.45) is 10.8 Å². The number of alkyl halides is 1. The summed E-state index contributed by atoms with van der Waals surface area (Å²) in [6.07, 6.45) is 4.56. The van der Waals surface area contributed by atoms with Crippen LogP contribution in [0.15, 0.2) is 66.0 Å². The molecule has 144 heavy (non-hydrogen) atoms. The van der Waals surface area contributed by atoms with Crippen molar-refractivity contribution in [3.8, 4) is 11.5 Å². The SMILES string of the molecule is CC[C@H]1O[C@@H](n2cc(CCl)c3c(Cl)nc(N[Si](C)(C)C(C)(C)C)nc32)CC1O[Si](C)(C)C(C)(C)C.CC[C@H]1O[C@@H](n2cc(CO)c3c(Cl)nc(N[Si](C)(C)C(C)(C)C)nc32)CC1O[Si](C)(C)C(C)(C)C.COc1ccc([N+](=O)[O-])c([C@@H](OCc2cn([C@H]3CC(O)[C@@H](CO)O3)c3nc(N)[nH]c(=O)c23)C(C)(C)C)c1.COc1ccc([N+](=O)[O-])c([C@@H](OCc2cn([C@H]3CC(O)[C@@H](CO)O3)c3nc(N)nc(Cl)c23)C(C)(C)C)c1. The fraction of sp³-hybridized carbons (Fsp3) is 0.633. The van der Waals surface area contributed by atoms with E-state index in [2.05, 4.69) is 194 Å². The number of hydrogen-bond donors (Lipinski definition) is 10. The lowest BCUT2D eigenvalue weighted by atomic mass is 9.83. The predicted octanol–water partition coefficient (Wildman–Crippen LogP) is 21.1. The summed E-state index contributed by atoms with van der Waals surface area (Å²) < 4.78 is 68.9. The van der Waals surface area contributed by atoms with E-state index in [1.165, 1.54) is 38.5 Å². The second-order valence-corrected chi connectivity index (χ2v) is 66.8. The van der Waals surface area contributed by atoms with Crippen LogP contribution < -0.4 is 36.5 Å². The van der Waals surface area contributed by atoms with Crippen molar-refractivity contribution < 1.29 is 82.1 Å². The Morgan fingerprint density at radius 3 is 1.17 bits per heavy atom. The molecule has 46 heteroatoms. The van der Waals surface area contributed by atoms with E-state index >= 15 is 0 Å². The van der Waals surface area contributed by atoms with E-state index in [1.807, 2.05) is 58.5 Å². The Bertz CT molecular complexity index is 6110. The number of nitro groups is 2. The Balaban J connectivity index is 0.000000183. The van der Waals surface area contributed by atoms with Crippen LogP contribution in [0.25, 0.3) is 44.1 Å². The zero-order valence-electron chi connectivity index (χ0n) is 88.7. The number of halogens is 4. The molecule has 4 aliphatic rings. The maximum atomic E-state index is 12.9. The van der Waals surface area contributed by atoms with Crippen LogP contribution in [0.4, 0.5) is 35.2 Å². The molecule has 796 valence electrons. The van der Waals surface area contributed by atoms with Gasteiger partial charge >= 0.3 is 0 Å². The molecular formula is C98H150Cl4N18O20Si4. The highest BCUT2D eigenvalue weighted by Gasteiger charge is 2.50. The number of methoxy groups -OCH3 is 2. The van der Waals surface area contributed by atoms with E-state index < -0.39 is 108 Å². The van der Waals surface area contributed by atoms with E-state index in [0.29, 0.717) is 89.5 Å². The zero-order chi connectivity index (χ0) is 107. The van der Waals surface area contributed by atoms with E-state index in [9.17, 15) is 50.6 Å². The minimum Gasteiger partial charge on any atom is -0.497 e. The highest BCUT2D eigenvalue weighted by molar-refractivity contribution is 6.83. The number of anilines is 4. The summed E-state index contributed by atoms with van der Waals surface area (Å²) in [4.78, 5) is 77.0. The third-order valence-corrected chi connectivity index (χ3v) is 48.6. The lowest BCUT2D eigenvalue weighted by Gasteiger charge is -2.39. The molecule has 0 amide bonds. The summed E-state index contributed by atoms with van der Waals surface area (Å²) in [6, 6.07) is 9.01. The van der Waals surface area contributed by atoms with Crippen LogP contribution in [0.3, 0.4) is 0 Å². The van der Waals surface area contributed by atoms with Gasteiger partial charge in [0.15, 0.2) is 38.8 Å². The van der Waals surface area contributed by atoms with Gasteiger partial charge in [-0.25, -0.2) is 15.0 Å². The monoisotopic (exact) mass is 2150 g/mol. The Labute approximate surface area is 866 Å². The average molecular weight is 2150 g/mol. The molecule has 4 unspecified atom stereocenters. The van der Waals surface area contributed by atoms with Gasteiger partial charge in [0.1, 0.15) is 81.0 Å². The summed E-state index contributed by atoms with van der Waals surface area (Å²) in [6.45, 7) is 60.1. The van der Waals surface area contributed by atoms with Crippen molar-refractivity contribution >= 4 is 159 Å². The fourth-order valence-electron chi connectivity index (χ4n) is 17.1. The molecule has 0 bridgehead atoms. The summed E-state index contributed by atoms with van der Waals surface area (Å²) in [5.74, 6) is 2.20. The topological polar surface area (TPSA) is 499 Å². The van der Waals surface area contributed by atoms with Crippen LogP contribution >= 0.6 is 46.4 Å². The third-order valence-electron chi connectivity index (χ3n) is 29.3. The van der Waals surface area contributed by atoms with Crippen molar-refractivity contribution in [1.29, 1.82) is 0 Å². The van der Waals surface area contributed by atoms with Gasteiger partial charge in [-0.3, -0.25) is 30.0 Å². The number of nitrogens with zero attached hydrogens (tertiary/aromatic N) is 13. The number of nitrogens with two attached hydrogens (primary N) is 2. The van der Waals surface area contributed by atoms with Crippen LogP contribution in [0, 0.1) is 31.1 Å². The number of ether oxygens (including phenoxy) is 8. The van der Waals surface area contributed by atoms with Gasteiger partial charge in [0.25, 0.3) is 16.9 Å². The highest BCUT2D eigenvalue weighted by Crippen LogP contribution is 2.51. The van der Waals surface area contributed by atoms with Gasteiger partial charge in [-0.1, -0.05) is 199 Å². The number of rotatable bonds is 30. The summed E-state index contributed by atoms with van der Waals surface area (Å²) >= 11 is 26.2. The molecule has 14 atom stereocenters. The lowest BCUT2D eigenvalue weighted by molar-refractivity contribution is -0.386. The lowest BCUT2D eigenvalue weighted by Crippen LogP contribution is -2.46. The molecule has 2 aromatic carbocycles. The smallest absolute Gasteiger partial charge is 0.275 e. The number of aliphatic hydroxyl groups excluding tert-OH is 5. The molecule has 0 spiro atoms. The normalized spacial score (nSPS) is 21.5. The number of nitro benzene ring substituents is 2. The second kappa shape index (κ2) is 44.9. The van der Waals surface area contributed by atoms with Crippen molar-refractivity contribution in [1.82, 2.24) is 58.1 Å². The summed E-state index contributed by atoms with van der Waals surface area (Å²) in [5, 5.41) is 76.7. The largest absolute Gasteiger partial charge is 0.497 e. The first-order chi connectivity index (χ1) is 66.7. The minimum atomic E-state index is -1.96. The van der Waals surface area contributed by atoms with E-state index in [0.717, 1.165) is 42.3 Å². The quantitative estimate of drug-likeness (QED) is 0.00657. The van der Waals surface area contributed by atoms with Gasteiger partial charge in [-0.05, 0) is 99.8 Å². The molecule has 10 aromatic rings. The number of nitrogens with one attached hydrogen (secondary N) is 3. The molecule has 8 aromatic heterocycles. The van der Waals surface area contributed by atoms with Crippen LogP contribution in [0.2, 0.25) is 88.0 Å². The molecule has 4 aliphatic heterocycles. The Morgan fingerprint density at radius 2 is 0.833 bits per heavy atom. The van der Waals surface area contributed by atoms with Crippen molar-refractivity contribution in [3.63, 3.8) is 0 Å². The van der Waals surface area contributed by atoms with Gasteiger partial charge in [0.2, 0.25) is 23.8 Å². The summed E-state index contributed by atoms with van der Waals surface area (Å²) in [5.41, 5.74) is 15.3. The molecule has 38 nitrogen and oxygen atoms in total. The molecular weight excluding hydrogens is 2000 g/mol. The zero-order valence-corrected chi connectivity index (χ0v) is 95.7. The Hall–Kier alpha value is -8.17. The van der Waals surface area contributed by atoms with Gasteiger partial charge in [-0.2, -0.15) is 19.9 Å². The number of benzene rings is 2. The van der Waals surface area contributed by atoms with Crippen molar-refractivity contribution in [2.45, 2.75) is 361 Å². The maximum absolute atomic E-state index is 12.9. The second-order valence-electron chi connectivity index (χ2n) is 45.9. The summed E-state index contributed by atoms with van der Waals surface area (Å²) in [7, 11) is -4.75. The van der Waals surface area contributed by atoms with Crippen LogP contribution in [-0.2, 0) is 63.0 Å². The molecule has 0 radical (unpaired) electrons. The first kappa shape index (κ1) is 116. The van der Waals surface area contributed by atoms with Gasteiger partial charge in [-0.15, -0.1) is 11.6 Å². The van der Waals surface area contributed by atoms with E-state index in [1.54, 1.807) is 33.7 Å². The van der Waals surface area contributed by atoms with Crippen LogP contribution in [0.1, 0.15) is 247 Å². The first-order valence-corrected chi connectivity index (χ1v) is 62.2. The average Bonchev–Trinajstić information content (AvgIpc) is 1.60. The number of hydrogen-bond acceptors (Lipinski definition) is 31. The molecule has 4 saturated heterocycles. The van der Waals surface area contributed by atoms with Gasteiger partial charge in [0, 0.05) is 85.2 Å². The Morgan fingerprint density at radius 1 is 0.493 bits per heavy atom. The van der Waals surface area contributed by atoms with E-state index in [4.69, 9.17) is 115 Å². The number of fused-ring (bicyclic) bond motifs is 4. The standard InChI is InChI=1S/C25H44Cl2N4O2Si2.C25H45ClN4O3Si2.C24H30ClN5O7.C24H31N5O8/c1-12-17-18(33-35(10,11)25(5,6)7)13-19(32-17)31-15-16(14-26)20-21(27)28-23(29-22(20)31)30-34(8,9)24(2,3)4;1-12-17-18(33-35(10,11)25(5,6)7)13-19(32-17)30-14-16(15-31)20-21(26)27-23(28-22(20)30)29-34(8,9)24(2,3)4;1-24(2,3)20(14-7-13(35-4)5-6-15(14)30(33)34)36-11-12-9-29(18-8-16(32)17(10-31)37-18)22-19(12)21(25)27-23(26)28-22;1-24(2,3)20(14-7-13(35-4)5-6-15(14)29(33)34)36-11-12-9-28(18-8-16(31)17(10-30)37-18)21-19(12)22(32)27-23(25)26-21/h15,17-19H,12-14H2,1-11H3,(H,28,29,30);14,17-19,31H,12-13,15H2,1-11H3,(H,27,28,29);5-7,9,16-18,20,31-32H,8,10-11H2,1-4H3,(H2,26,27,28);5-7,9,16-18,20,30-31H,8,10-11H2,1-4H3,(H3,25,26,27,32)/t2*17-,18?,19-;2*16?,17-,18-,20-/m1111/s1. The first-order valence-electron chi connectivity index (χ1n) is 48.7. The van der Waals surface area contributed by atoms with Crippen molar-refractivity contribution in [3.05, 3.63) is 141 Å². The molecule has 0 saturated carbocycles. The molecule has 0 aliphatic carbocycles. The third kappa shape index (κ3) is 25.6. The van der Waals surface area contributed by atoms with E-state index in [-0.39, 0.29) is 142 Å². The predicted molar refractivity (Wildman–Crippen MR) is 572 cm³/mol. The molecule has 12 N–H and O–H groups in total. The van der Waals surface area contributed by atoms with Crippen LogP contribution in [0.5, 0.6) is 11.5 Å². The van der Waals surface area contributed by atoms with Gasteiger partial charge in [0.05, 0.1) is 139 Å². The fourth-order valence-corrected chi connectivity index (χ4v) is 23.0. The van der Waals surface area contributed by atoms with Crippen molar-refractivity contribution in [2.75, 3.05) is 48.9 Å². The van der Waals surface area contributed by atoms with Crippen LogP contribution in [-0.4, -0.2) is 203 Å². The number of aliphatic hydroxyl groups is 5. The highest BCUT2D eigenvalue weighted by atomic mass is 35.5. The molecule has 4 fully saturated rings. The van der Waals surface area contributed by atoms with Gasteiger partial charge < -0.3 is 112 Å². The number of aromatic amines is 1. The minimum absolute atomic E-state index is 0.00546. The maximum Gasteiger partial charge on any atom is 0.275 e. The number of aromatic nitrogens is 12. The number of H-pyrrole nitrogens is 1. The Kier molecular flexibility index (Phi) is 36.2. The number of nitrogen functional groups attached to an aromatic ring is 2. The molecule has 14 rings (SSSR count). The molecule has 12 heterocycles.